The summed E-state index contributed by atoms with van der Waals surface area (Å²) in [6.07, 6.45) is 36.9. The lowest BCUT2D eigenvalue weighted by Gasteiger charge is -2.19. The van der Waals surface area contributed by atoms with Gasteiger partial charge in [0, 0.05) is 19.4 Å². The van der Waals surface area contributed by atoms with Gasteiger partial charge < -0.3 is 25.2 Å². The maximum atomic E-state index is 12.5. The van der Waals surface area contributed by atoms with Crippen LogP contribution in [0.1, 0.15) is 123 Å². The first-order valence-electron chi connectivity index (χ1n) is 18.5. The molecule has 0 aromatic heterocycles. The fourth-order valence-electron chi connectivity index (χ4n) is 4.38. The highest BCUT2D eigenvalue weighted by atomic mass is 31.2. The number of carbonyl (C=O) groups excluding carboxylic acids is 2. The molecule has 10 nitrogen and oxygen atoms in total. The number of aliphatic hydroxyl groups excluding tert-OH is 1. The summed E-state index contributed by atoms with van der Waals surface area (Å²) in [7, 11) is -4.40. The topological polar surface area (TPSA) is 155 Å². The van der Waals surface area contributed by atoms with Gasteiger partial charge in [0.05, 0.1) is 19.3 Å². The molecule has 0 fully saturated rings. The molecule has 0 spiro atoms. The minimum atomic E-state index is -4.40. The maximum absolute atomic E-state index is 12.5. The molecular formula is C39H66NO9P. The van der Waals surface area contributed by atoms with E-state index in [0.717, 1.165) is 57.8 Å². The van der Waals surface area contributed by atoms with Gasteiger partial charge in [0.25, 0.3) is 0 Å². The third-order valence-corrected chi connectivity index (χ3v) is 8.14. The van der Waals surface area contributed by atoms with E-state index < -0.39 is 38.6 Å². The largest absolute Gasteiger partial charge is 0.472 e. The molecule has 0 saturated heterocycles. The monoisotopic (exact) mass is 723 g/mol. The fraction of sp³-hybridized carbons (Fsp3) is 0.641. The zero-order chi connectivity index (χ0) is 37.0. The first-order chi connectivity index (χ1) is 24.2. The number of nitrogens with two attached hydrogens (primary N) is 1. The molecule has 0 radical (unpaired) electrons. The van der Waals surface area contributed by atoms with Crippen LogP contribution >= 0.6 is 7.82 Å². The standard InChI is InChI=1S/C39H66NO9P/c1-3-5-7-9-11-12-13-14-19-23-27-31-39(43)49-37(35-48-50(44,45)47-33-32-40)34-46-38(42)30-26-22-18-16-15-17-21-25-29-36(41)28-24-20-10-8-6-4-2/h6,8-9,11,16-18,20-21,24-25,29,36-37,41H,3-5,7,10,12-15,19,22-23,26-28,30-35,40H2,1-2H3,(H,44,45)/b8-6-,11-9-,18-16-,21-17-,24-20-,29-25+/t36?,37-/m1/s1. The molecule has 0 aromatic rings. The minimum absolute atomic E-state index is 0.0317. The first kappa shape index (κ1) is 47.4. The van der Waals surface area contributed by atoms with Crippen molar-refractivity contribution in [3.8, 4) is 0 Å². The van der Waals surface area contributed by atoms with Crippen LogP contribution in [0.4, 0.5) is 0 Å². The van der Waals surface area contributed by atoms with Gasteiger partial charge in [-0.3, -0.25) is 18.6 Å². The molecule has 0 aromatic carbocycles. The number of rotatable bonds is 33. The number of phosphoric acid groups is 1. The molecule has 3 atom stereocenters. The van der Waals surface area contributed by atoms with Gasteiger partial charge in [-0.2, -0.15) is 0 Å². The second-order valence-corrected chi connectivity index (χ2v) is 13.4. The van der Waals surface area contributed by atoms with Gasteiger partial charge in [0.1, 0.15) is 6.61 Å². The molecule has 286 valence electrons. The molecule has 50 heavy (non-hydrogen) atoms. The van der Waals surface area contributed by atoms with E-state index in [1.165, 1.54) is 12.8 Å². The Bertz CT molecular complexity index is 1070. The fourth-order valence-corrected chi connectivity index (χ4v) is 5.14. The van der Waals surface area contributed by atoms with Crippen molar-refractivity contribution in [2.24, 2.45) is 5.73 Å². The first-order valence-corrected chi connectivity index (χ1v) is 20.0. The van der Waals surface area contributed by atoms with Crippen molar-refractivity contribution in [3.05, 3.63) is 72.9 Å². The van der Waals surface area contributed by atoms with E-state index in [1.54, 1.807) is 6.08 Å². The molecule has 0 rings (SSSR count). The molecule has 2 unspecified atom stereocenters. The molecule has 0 saturated carbocycles. The molecule has 0 amide bonds. The SMILES string of the molecule is CC/C=C\C/C=C\CC(O)/C=C/C=C\C/C=C\CCCC(=O)OC[C@H](COP(=O)(O)OCCN)OC(=O)CCCCCCC/C=C\CCCC. The summed E-state index contributed by atoms with van der Waals surface area (Å²) in [5.74, 6) is -0.958. The van der Waals surface area contributed by atoms with Crippen LogP contribution in [-0.2, 0) is 32.7 Å². The zero-order valence-corrected chi connectivity index (χ0v) is 31.6. The number of hydrogen-bond donors (Lipinski definition) is 3. The number of unbranched alkanes of at least 4 members (excludes halogenated alkanes) is 8. The average Bonchev–Trinajstić information content (AvgIpc) is 3.09. The van der Waals surface area contributed by atoms with Crippen LogP contribution in [0, 0.1) is 0 Å². The van der Waals surface area contributed by atoms with Crippen molar-refractivity contribution < 1.29 is 42.7 Å². The molecule has 0 aliphatic carbocycles. The van der Waals surface area contributed by atoms with Crippen molar-refractivity contribution in [2.75, 3.05) is 26.4 Å². The number of carbonyl (C=O) groups is 2. The second kappa shape index (κ2) is 34.8. The van der Waals surface area contributed by atoms with E-state index in [0.29, 0.717) is 25.7 Å². The lowest BCUT2D eigenvalue weighted by Crippen LogP contribution is -2.29. The predicted octanol–water partition coefficient (Wildman–Crippen LogP) is 8.90. The summed E-state index contributed by atoms with van der Waals surface area (Å²) in [5.41, 5.74) is 5.32. The number of hydrogen-bond acceptors (Lipinski definition) is 9. The van der Waals surface area contributed by atoms with E-state index in [4.69, 9.17) is 24.3 Å². The summed E-state index contributed by atoms with van der Waals surface area (Å²) >= 11 is 0. The van der Waals surface area contributed by atoms with E-state index in [2.05, 4.69) is 38.2 Å². The van der Waals surface area contributed by atoms with Gasteiger partial charge in [-0.15, -0.1) is 0 Å². The maximum Gasteiger partial charge on any atom is 0.472 e. The second-order valence-electron chi connectivity index (χ2n) is 11.9. The van der Waals surface area contributed by atoms with E-state index in [9.17, 15) is 24.2 Å². The van der Waals surface area contributed by atoms with E-state index in [-0.39, 0.29) is 32.6 Å². The Labute approximate surface area is 302 Å². The Hall–Kier alpha value is -2.59. The Morgan fingerprint density at radius 1 is 0.720 bits per heavy atom. The average molecular weight is 724 g/mol. The van der Waals surface area contributed by atoms with Gasteiger partial charge >= 0.3 is 19.8 Å². The predicted molar refractivity (Wildman–Crippen MR) is 202 cm³/mol. The Kier molecular flexibility index (Phi) is 33.0. The summed E-state index contributed by atoms with van der Waals surface area (Å²) in [5, 5.41) is 9.98. The molecule has 0 aliphatic rings. The van der Waals surface area contributed by atoms with Gasteiger partial charge in [-0.25, -0.2) is 4.57 Å². The van der Waals surface area contributed by atoms with Crippen LogP contribution in [0.25, 0.3) is 0 Å². The van der Waals surface area contributed by atoms with Crippen molar-refractivity contribution in [1.29, 1.82) is 0 Å². The lowest BCUT2D eigenvalue weighted by molar-refractivity contribution is -0.161. The Balaban J connectivity index is 4.43. The smallest absolute Gasteiger partial charge is 0.462 e. The number of ether oxygens (including phenoxy) is 2. The summed E-state index contributed by atoms with van der Waals surface area (Å²) in [4.78, 5) is 34.6. The third kappa shape index (κ3) is 33.9. The van der Waals surface area contributed by atoms with Crippen molar-refractivity contribution in [1.82, 2.24) is 0 Å². The molecule has 11 heteroatoms. The van der Waals surface area contributed by atoms with Crippen LogP contribution in [-0.4, -0.2) is 60.5 Å². The lowest BCUT2D eigenvalue weighted by atomic mass is 10.1. The highest BCUT2D eigenvalue weighted by Crippen LogP contribution is 2.43. The highest BCUT2D eigenvalue weighted by molar-refractivity contribution is 7.47. The number of aliphatic hydroxyl groups is 1. The number of esters is 2. The normalized spacial score (nSPS) is 14.9. The minimum Gasteiger partial charge on any atom is -0.462 e. The van der Waals surface area contributed by atoms with Gasteiger partial charge in [-0.05, 0) is 64.2 Å². The zero-order valence-electron chi connectivity index (χ0n) is 30.7. The summed E-state index contributed by atoms with van der Waals surface area (Å²) in [6.45, 7) is 3.37. The number of phosphoric ester groups is 1. The highest BCUT2D eigenvalue weighted by Gasteiger charge is 2.25. The van der Waals surface area contributed by atoms with Crippen LogP contribution in [0.5, 0.6) is 0 Å². The third-order valence-electron chi connectivity index (χ3n) is 7.16. The van der Waals surface area contributed by atoms with E-state index >= 15 is 0 Å². The Morgan fingerprint density at radius 3 is 2.12 bits per heavy atom. The van der Waals surface area contributed by atoms with Crippen LogP contribution < -0.4 is 5.73 Å². The van der Waals surface area contributed by atoms with Gasteiger partial charge in [0.2, 0.25) is 0 Å². The molecular weight excluding hydrogens is 657 g/mol. The van der Waals surface area contributed by atoms with Crippen molar-refractivity contribution >= 4 is 19.8 Å². The van der Waals surface area contributed by atoms with Crippen LogP contribution in [0.3, 0.4) is 0 Å². The summed E-state index contributed by atoms with van der Waals surface area (Å²) in [6, 6.07) is 0. The molecule has 4 N–H and O–H groups in total. The molecule has 0 bridgehead atoms. The molecule has 0 heterocycles. The van der Waals surface area contributed by atoms with Crippen molar-refractivity contribution in [3.63, 3.8) is 0 Å². The van der Waals surface area contributed by atoms with Crippen LogP contribution in [0.2, 0.25) is 0 Å². The number of allylic oxidation sites excluding steroid dienone is 10. The quantitative estimate of drug-likeness (QED) is 0.0197. The molecule has 0 aliphatic heterocycles. The van der Waals surface area contributed by atoms with Gasteiger partial charge in [-0.1, -0.05) is 119 Å². The van der Waals surface area contributed by atoms with E-state index in [1.807, 2.05) is 42.5 Å². The Morgan fingerprint density at radius 2 is 1.36 bits per heavy atom. The van der Waals surface area contributed by atoms with Gasteiger partial charge in [0.15, 0.2) is 6.10 Å². The van der Waals surface area contributed by atoms with Crippen LogP contribution in [0.15, 0.2) is 72.9 Å². The summed E-state index contributed by atoms with van der Waals surface area (Å²) < 4.78 is 32.5. The van der Waals surface area contributed by atoms with Crippen molar-refractivity contribution in [2.45, 2.75) is 135 Å².